The number of likely N-dealkylation sites (N-methyl/N-ethyl adjacent to an activating group) is 1. The Kier molecular flexibility index (Phi) is 12.1. The van der Waals surface area contributed by atoms with Crippen LogP contribution < -0.4 is 0 Å². The van der Waals surface area contributed by atoms with Crippen molar-refractivity contribution >= 4 is 29.7 Å². The van der Waals surface area contributed by atoms with E-state index in [1.807, 2.05) is 46.0 Å². The van der Waals surface area contributed by atoms with Crippen molar-refractivity contribution in [2.75, 3.05) is 33.2 Å². The third-order valence-corrected chi connectivity index (χ3v) is 7.03. The van der Waals surface area contributed by atoms with E-state index in [1.165, 1.54) is 0 Å². The van der Waals surface area contributed by atoms with E-state index >= 15 is 0 Å². The molecule has 8 nitrogen and oxygen atoms in total. The van der Waals surface area contributed by atoms with Crippen molar-refractivity contribution in [3.8, 4) is 0 Å². The SMILES string of the molecule is C.C/C(=C\c1cncc(Cl)c1)[C@H]1OC(=O)C[C@H](O)CC[C@H](C)[C@@H](OC(=O)N2CCN(C)CC2)/C=C/[C@@H]1C. The molecule has 1 N–H and O–H groups in total. The number of carbonyl (C=O) groups is 2. The van der Waals surface area contributed by atoms with Gasteiger partial charge in [0.25, 0.3) is 0 Å². The van der Waals surface area contributed by atoms with Crippen LogP contribution in [0, 0.1) is 11.8 Å². The normalized spacial score (nSPS) is 29.2. The molecule has 9 heteroatoms. The summed E-state index contributed by atoms with van der Waals surface area (Å²) in [5, 5.41) is 11.0. The molecular formula is C28H42ClN3O5. The van der Waals surface area contributed by atoms with Gasteiger partial charge in [-0.05, 0) is 56.0 Å². The number of esters is 1. The van der Waals surface area contributed by atoms with Crippen LogP contribution in [0.2, 0.25) is 5.02 Å². The lowest BCUT2D eigenvalue weighted by molar-refractivity contribution is -0.151. The number of carbonyl (C=O) groups excluding carboxylic acids is 2. The molecule has 1 amide bonds. The zero-order chi connectivity index (χ0) is 26.2. The molecule has 206 valence electrons. The van der Waals surface area contributed by atoms with E-state index in [9.17, 15) is 14.7 Å². The quantitative estimate of drug-likeness (QED) is 0.438. The highest BCUT2D eigenvalue weighted by Gasteiger charge is 2.29. The molecule has 3 rings (SSSR count). The molecule has 0 radical (unpaired) electrons. The Morgan fingerprint density at radius 1 is 1.19 bits per heavy atom. The first-order valence-corrected chi connectivity index (χ1v) is 13.0. The number of aromatic nitrogens is 1. The molecule has 1 aromatic rings. The molecule has 1 saturated heterocycles. The first-order valence-electron chi connectivity index (χ1n) is 12.6. The Bertz CT molecular complexity index is 961. The first kappa shape index (κ1) is 30.8. The van der Waals surface area contributed by atoms with Gasteiger partial charge in [0.05, 0.1) is 17.5 Å². The van der Waals surface area contributed by atoms with Crippen LogP contribution >= 0.6 is 11.6 Å². The number of amides is 1. The van der Waals surface area contributed by atoms with Gasteiger partial charge in [-0.2, -0.15) is 0 Å². The minimum absolute atomic E-state index is 0. The highest BCUT2D eigenvalue weighted by molar-refractivity contribution is 6.30. The average molecular weight is 536 g/mol. The second-order valence-electron chi connectivity index (χ2n) is 10.0. The molecule has 1 fully saturated rings. The summed E-state index contributed by atoms with van der Waals surface area (Å²) < 4.78 is 11.8. The summed E-state index contributed by atoms with van der Waals surface area (Å²) in [6.45, 7) is 8.74. The lowest BCUT2D eigenvalue weighted by Gasteiger charge is -2.33. The van der Waals surface area contributed by atoms with Crippen LogP contribution in [0.15, 0.2) is 36.2 Å². The zero-order valence-corrected chi connectivity index (χ0v) is 22.4. The number of hydrogen-bond donors (Lipinski definition) is 1. The van der Waals surface area contributed by atoms with Gasteiger partial charge >= 0.3 is 12.1 Å². The predicted molar refractivity (Wildman–Crippen MR) is 146 cm³/mol. The van der Waals surface area contributed by atoms with Gasteiger partial charge in [0.2, 0.25) is 0 Å². The maximum atomic E-state index is 12.9. The standard InChI is InChI=1S/C27H38ClN3O5.CH4/c1-18-5-7-23(32)15-25(33)36-26(20(3)13-21-14-22(28)17-29-16-21)19(2)6-8-24(18)35-27(34)31-11-9-30(4)10-12-31;/h6,8,13-14,16-19,23-24,26,32H,5,7,9-12,15H2,1-4H3;1H4/b8-6+,20-13+;/t18-,19-,23+,24-,26-;/m0./s1. The van der Waals surface area contributed by atoms with Gasteiger partial charge in [0, 0.05) is 44.5 Å². The Balaban J connectivity index is 0.00000481. The van der Waals surface area contributed by atoms with Crippen molar-refractivity contribution in [3.05, 3.63) is 46.8 Å². The highest BCUT2D eigenvalue weighted by atomic mass is 35.5. The van der Waals surface area contributed by atoms with Crippen LogP contribution in [0.5, 0.6) is 0 Å². The van der Waals surface area contributed by atoms with E-state index < -0.39 is 24.3 Å². The smallest absolute Gasteiger partial charge is 0.410 e. The van der Waals surface area contributed by atoms with Gasteiger partial charge < -0.3 is 24.4 Å². The maximum absolute atomic E-state index is 12.9. The van der Waals surface area contributed by atoms with Crippen LogP contribution in [0.1, 0.15) is 53.0 Å². The Labute approximate surface area is 226 Å². The summed E-state index contributed by atoms with van der Waals surface area (Å²) in [5.41, 5.74) is 1.61. The molecule has 0 spiro atoms. The molecule has 1 aromatic heterocycles. The van der Waals surface area contributed by atoms with Crippen molar-refractivity contribution in [3.63, 3.8) is 0 Å². The van der Waals surface area contributed by atoms with Gasteiger partial charge in [0.1, 0.15) is 12.2 Å². The second kappa shape index (κ2) is 14.5. The summed E-state index contributed by atoms with van der Waals surface area (Å²) >= 11 is 6.07. The third-order valence-electron chi connectivity index (χ3n) is 6.83. The first-order chi connectivity index (χ1) is 17.1. The van der Waals surface area contributed by atoms with Crippen molar-refractivity contribution < 1.29 is 24.2 Å². The molecule has 2 aliphatic heterocycles. The molecule has 37 heavy (non-hydrogen) atoms. The summed E-state index contributed by atoms with van der Waals surface area (Å²) in [7, 11) is 2.04. The highest BCUT2D eigenvalue weighted by Crippen LogP contribution is 2.26. The summed E-state index contributed by atoms with van der Waals surface area (Å²) in [5.74, 6) is -0.676. The minimum Gasteiger partial charge on any atom is -0.457 e. The number of ether oxygens (including phenoxy) is 2. The fraction of sp³-hybridized carbons (Fsp3) is 0.607. The number of nitrogens with zero attached hydrogens (tertiary/aromatic N) is 3. The number of rotatable bonds is 3. The minimum atomic E-state index is -0.824. The number of pyridine rings is 1. The van der Waals surface area contributed by atoms with Crippen LogP contribution in [0.4, 0.5) is 4.79 Å². The third kappa shape index (κ3) is 9.43. The molecule has 0 bridgehead atoms. The number of cyclic esters (lactones) is 1. The van der Waals surface area contributed by atoms with Crippen LogP contribution in [-0.4, -0.2) is 83.5 Å². The molecular weight excluding hydrogens is 494 g/mol. The maximum Gasteiger partial charge on any atom is 0.410 e. The monoisotopic (exact) mass is 535 g/mol. The van der Waals surface area contributed by atoms with Gasteiger partial charge in [-0.3, -0.25) is 9.78 Å². The van der Waals surface area contributed by atoms with Gasteiger partial charge in [0.15, 0.2) is 0 Å². The number of piperazine rings is 1. The number of halogens is 1. The summed E-state index contributed by atoms with van der Waals surface area (Å²) in [6.07, 6.45) is 7.74. The molecule has 0 saturated carbocycles. The Morgan fingerprint density at radius 2 is 1.89 bits per heavy atom. The van der Waals surface area contributed by atoms with Gasteiger partial charge in [-0.1, -0.05) is 45.0 Å². The van der Waals surface area contributed by atoms with Crippen LogP contribution in [0.3, 0.4) is 0 Å². The summed E-state index contributed by atoms with van der Waals surface area (Å²) in [4.78, 5) is 33.5. The van der Waals surface area contributed by atoms with E-state index in [4.69, 9.17) is 21.1 Å². The van der Waals surface area contributed by atoms with E-state index in [0.29, 0.717) is 31.0 Å². The predicted octanol–water partition coefficient (Wildman–Crippen LogP) is 4.81. The van der Waals surface area contributed by atoms with E-state index in [0.717, 1.165) is 24.2 Å². The fourth-order valence-electron chi connectivity index (χ4n) is 4.48. The molecule has 0 aromatic carbocycles. The van der Waals surface area contributed by atoms with Crippen molar-refractivity contribution in [1.29, 1.82) is 0 Å². The molecule has 0 unspecified atom stereocenters. The number of hydrogen-bond acceptors (Lipinski definition) is 7. The van der Waals surface area contributed by atoms with Crippen molar-refractivity contribution in [1.82, 2.24) is 14.8 Å². The lowest BCUT2D eigenvalue weighted by atomic mass is 9.91. The van der Waals surface area contributed by atoms with Crippen LogP contribution in [0.25, 0.3) is 6.08 Å². The molecule has 0 aliphatic carbocycles. The van der Waals surface area contributed by atoms with Crippen molar-refractivity contribution in [2.24, 2.45) is 11.8 Å². The van der Waals surface area contributed by atoms with E-state index in [1.54, 1.807) is 23.4 Å². The zero-order valence-electron chi connectivity index (χ0n) is 21.6. The lowest BCUT2D eigenvalue weighted by Crippen LogP contribution is -2.48. The van der Waals surface area contributed by atoms with Gasteiger partial charge in [-0.15, -0.1) is 0 Å². The summed E-state index contributed by atoms with van der Waals surface area (Å²) in [6, 6.07) is 1.79. The average Bonchev–Trinajstić information content (AvgIpc) is 2.83. The topological polar surface area (TPSA) is 92.2 Å². The molecule has 5 atom stereocenters. The molecule has 2 aliphatic rings. The van der Waals surface area contributed by atoms with E-state index in [2.05, 4.69) is 9.88 Å². The second-order valence-corrected chi connectivity index (χ2v) is 10.5. The molecule has 3 heterocycles. The Hall–Kier alpha value is -2.42. The largest absolute Gasteiger partial charge is 0.457 e. The van der Waals surface area contributed by atoms with Gasteiger partial charge in [-0.25, -0.2) is 4.79 Å². The number of aliphatic hydroxyl groups is 1. The van der Waals surface area contributed by atoms with Crippen LogP contribution in [-0.2, 0) is 14.3 Å². The fourth-order valence-corrected chi connectivity index (χ4v) is 4.66. The number of aliphatic hydroxyl groups excluding tert-OH is 1. The Morgan fingerprint density at radius 3 is 2.57 bits per heavy atom. The van der Waals surface area contributed by atoms with E-state index in [-0.39, 0.29) is 31.8 Å². The van der Waals surface area contributed by atoms with Crippen molar-refractivity contribution in [2.45, 2.75) is 65.8 Å².